The third kappa shape index (κ3) is 5.21. The van der Waals surface area contributed by atoms with E-state index in [1.165, 1.54) is 36.0 Å². The van der Waals surface area contributed by atoms with Crippen molar-refractivity contribution in [2.24, 2.45) is 0 Å². The molecule has 1 aliphatic rings. The molecule has 5 nitrogen and oxygen atoms in total. The molecule has 0 bridgehead atoms. The number of piperazine rings is 1. The van der Waals surface area contributed by atoms with E-state index in [-0.39, 0.29) is 34.7 Å². The van der Waals surface area contributed by atoms with Crippen LogP contribution in [0.1, 0.15) is 13.8 Å². The van der Waals surface area contributed by atoms with Crippen LogP contribution in [0.2, 0.25) is 0 Å². The molecule has 0 aromatic heterocycles. The van der Waals surface area contributed by atoms with E-state index in [0.29, 0.717) is 12.2 Å². The number of halogens is 1. The summed E-state index contributed by atoms with van der Waals surface area (Å²) in [5.74, 6) is -0.292. The van der Waals surface area contributed by atoms with Crippen LogP contribution in [-0.4, -0.2) is 53.4 Å². The van der Waals surface area contributed by atoms with E-state index in [1.807, 2.05) is 18.7 Å². The average Bonchev–Trinajstić information content (AvgIpc) is 2.54. The molecule has 126 valence electrons. The third-order valence-corrected chi connectivity index (χ3v) is 4.86. The van der Waals surface area contributed by atoms with E-state index < -0.39 is 0 Å². The van der Waals surface area contributed by atoms with Crippen LogP contribution in [0.3, 0.4) is 0 Å². The van der Waals surface area contributed by atoms with Gasteiger partial charge in [0.05, 0.1) is 11.0 Å². The number of rotatable bonds is 5. The van der Waals surface area contributed by atoms with E-state index in [0.717, 1.165) is 13.1 Å². The van der Waals surface area contributed by atoms with Crippen LogP contribution in [0.4, 0.5) is 10.1 Å². The van der Waals surface area contributed by atoms with Gasteiger partial charge in [-0.2, -0.15) is 0 Å². The maximum absolute atomic E-state index is 12.8. The average molecular weight is 339 g/mol. The Bertz CT molecular complexity index is 553. The highest BCUT2D eigenvalue weighted by atomic mass is 32.2. The van der Waals surface area contributed by atoms with E-state index >= 15 is 0 Å². The second kappa shape index (κ2) is 8.31. The van der Waals surface area contributed by atoms with E-state index in [4.69, 9.17) is 0 Å². The number of thioether (sulfide) groups is 1. The quantitative estimate of drug-likeness (QED) is 0.857. The summed E-state index contributed by atoms with van der Waals surface area (Å²) in [5, 5.41) is 5.67. The zero-order valence-electron chi connectivity index (χ0n) is 13.3. The molecule has 0 saturated carbocycles. The van der Waals surface area contributed by atoms with Crippen LogP contribution >= 0.6 is 11.8 Å². The summed E-state index contributed by atoms with van der Waals surface area (Å²) >= 11 is 1.31. The molecular formula is C16H22FN3O2S. The molecule has 1 aromatic carbocycles. The summed E-state index contributed by atoms with van der Waals surface area (Å²) in [5.41, 5.74) is 0.548. The summed E-state index contributed by atoms with van der Waals surface area (Å²) in [7, 11) is 0. The maximum atomic E-state index is 12.8. The molecule has 1 fully saturated rings. The van der Waals surface area contributed by atoms with Gasteiger partial charge in [0, 0.05) is 31.4 Å². The minimum Gasteiger partial charge on any atom is -0.336 e. The van der Waals surface area contributed by atoms with Crippen molar-refractivity contribution < 1.29 is 14.0 Å². The van der Waals surface area contributed by atoms with Gasteiger partial charge in [-0.15, -0.1) is 11.8 Å². The zero-order valence-corrected chi connectivity index (χ0v) is 14.2. The SMILES string of the molecule is CC(SCC(=O)Nc1ccc(F)cc1)C(=O)N1CCNCC1C. The Morgan fingerprint density at radius 3 is 2.78 bits per heavy atom. The third-order valence-electron chi connectivity index (χ3n) is 3.72. The molecule has 0 radical (unpaired) electrons. The molecule has 2 N–H and O–H groups in total. The predicted molar refractivity (Wildman–Crippen MR) is 91.0 cm³/mol. The van der Waals surface area contributed by atoms with Gasteiger partial charge in [0.2, 0.25) is 11.8 Å². The lowest BCUT2D eigenvalue weighted by atomic mass is 10.2. The standard InChI is InChI=1S/C16H22FN3O2S/c1-11-9-18-7-8-20(11)16(22)12(2)23-10-15(21)19-14-5-3-13(17)4-6-14/h3-6,11-12,18H,7-10H2,1-2H3,(H,19,21). The van der Waals surface area contributed by atoms with E-state index in [2.05, 4.69) is 10.6 Å². The first kappa shape index (κ1) is 17.7. The van der Waals surface area contributed by atoms with E-state index in [1.54, 1.807) is 0 Å². The Morgan fingerprint density at radius 1 is 1.43 bits per heavy atom. The highest BCUT2D eigenvalue weighted by Crippen LogP contribution is 2.17. The molecule has 2 unspecified atom stereocenters. The van der Waals surface area contributed by atoms with Crippen LogP contribution in [0.25, 0.3) is 0 Å². The van der Waals surface area contributed by atoms with Gasteiger partial charge >= 0.3 is 0 Å². The van der Waals surface area contributed by atoms with Gasteiger partial charge in [-0.05, 0) is 38.1 Å². The number of carbonyl (C=O) groups excluding carboxylic acids is 2. The molecule has 2 rings (SSSR count). The minimum absolute atomic E-state index is 0.0681. The molecule has 2 atom stereocenters. The van der Waals surface area contributed by atoms with Crippen molar-refractivity contribution in [3.63, 3.8) is 0 Å². The van der Waals surface area contributed by atoms with Gasteiger partial charge in [0.1, 0.15) is 5.82 Å². The number of nitrogens with one attached hydrogen (secondary N) is 2. The summed E-state index contributed by atoms with van der Waals surface area (Å²) in [6.45, 7) is 6.15. The molecule has 0 spiro atoms. The van der Waals surface area contributed by atoms with Crippen molar-refractivity contribution in [2.75, 3.05) is 30.7 Å². The van der Waals surface area contributed by atoms with Crippen molar-refractivity contribution in [1.29, 1.82) is 0 Å². The molecule has 1 aliphatic heterocycles. The highest BCUT2D eigenvalue weighted by Gasteiger charge is 2.27. The molecule has 1 aromatic rings. The number of hydrogen-bond donors (Lipinski definition) is 2. The molecule has 1 heterocycles. The summed E-state index contributed by atoms with van der Waals surface area (Å²) in [6.07, 6.45) is 0. The molecule has 0 aliphatic carbocycles. The highest BCUT2D eigenvalue weighted by molar-refractivity contribution is 8.01. The van der Waals surface area contributed by atoms with Gasteiger partial charge in [-0.1, -0.05) is 0 Å². The second-order valence-electron chi connectivity index (χ2n) is 5.59. The van der Waals surface area contributed by atoms with Gasteiger partial charge in [0.25, 0.3) is 0 Å². The fraction of sp³-hybridized carbons (Fsp3) is 0.500. The van der Waals surface area contributed by atoms with Crippen molar-refractivity contribution in [3.8, 4) is 0 Å². The lowest BCUT2D eigenvalue weighted by Gasteiger charge is -2.35. The van der Waals surface area contributed by atoms with Crippen molar-refractivity contribution in [1.82, 2.24) is 10.2 Å². The Balaban J connectivity index is 1.78. The number of carbonyl (C=O) groups is 2. The number of benzene rings is 1. The summed E-state index contributed by atoms with van der Waals surface area (Å²) in [4.78, 5) is 26.2. The molecule has 23 heavy (non-hydrogen) atoms. The summed E-state index contributed by atoms with van der Waals surface area (Å²) in [6, 6.07) is 5.78. The van der Waals surface area contributed by atoms with Crippen LogP contribution in [0.5, 0.6) is 0 Å². The predicted octanol–water partition coefficient (Wildman–Crippen LogP) is 1.71. The summed E-state index contributed by atoms with van der Waals surface area (Å²) < 4.78 is 12.8. The van der Waals surface area contributed by atoms with Gasteiger partial charge in [-0.3, -0.25) is 9.59 Å². The van der Waals surface area contributed by atoms with Gasteiger partial charge in [0.15, 0.2) is 0 Å². The van der Waals surface area contributed by atoms with Crippen LogP contribution in [0.15, 0.2) is 24.3 Å². The Hall–Kier alpha value is -1.60. The number of nitrogens with zero attached hydrogens (tertiary/aromatic N) is 1. The van der Waals surface area contributed by atoms with Gasteiger partial charge in [-0.25, -0.2) is 4.39 Å². The topological polar surface area (TPSA) is 61.4 Å². The van der Waals surface area contributed by atoms with Crippen LogP contribution < -0.4 is 10.6 Å². The lowest BCUT2D eigenvalue weighted by Crippen LogP contribution is -2.54. The Kier molecular flexibility index (Phi) is 6.41. The number of anilines is 1. The molecule has 7 heteroatoms. The monoisotopic (exact) mass is 339 g/mol. The zero-order chi connectivity index (χ0) is 16.8. The first-order chi connectivity index (χ1) is 11.0. The first-order valence-electron chi connectivity index (χ1n) is 7.65. The fourth-order valence-electron chi connectivity index (χ4n) is 2.40. The fourth-order valence-corrected chi connectivity index (χ4v) is 3.16. The molecule has 1 saturated heterocycles. The van der Waals surface area contributed by atoms with Crippen molar-refractivity contribution in [3.05, 3.63) is 30.1 Å². The molecule has 2 amide bonds. The normalized spacial score (nSPS) is 19.3. The number of amides is 2. The van der Waals surface area contributed by atoms with Crippen LogP contribution in [-0.2, 0) is 9.59 Å². The number of hydrogen-bond acceptors (Lipinski definition) is 4. The Labute approximate surface area is 140 Å². The van der Waals surface area contributed by atoms with Crippen molar-refractivity contribution in [2.45, 2.75) is 25.1 Å². The lowest BCUT2D eigenvalue weighted by molar-refractivity contribution is -0.133. The smallest absolute Gasteiger partial charge is 0.235 e. The van der Waals surface area contributed by atoms with E-state index in [9.17, 15) is 14.0 Å². The largest absolute Gasteiger partial charge is 0.336 e. The minimum atomic E-state index is -0.346. The van der Waals surface area contributed by atoms with Gasteiger partial charge < -0.3 is 15.5 Å². The van der Waals surface area contributed by atoms with Crippen LogP contribution in [0, 0.1) is 5.82 Å². The molecular weight excluding hydrogens is 317 g/mol. The first-order valence-corrected chi connectivity index (χ1v) is 8.70. The maximum Gasteiger partial charge on any atom is 0.235 e. The second-order valence-corrected chi connectivity index (χ2v) is 6.92. The Morgan fingerprint density at radius 2 is 2.13 bits per heavy atom. The van der Waals surface area contributed by atoms with Crippen molar-refractivity contribution >= 4 is 29.3 Å².